The van der Waals surface area contributed by atoms with Crippen LogP contribution in [-0.2, 0) is 17.8 Å². The van der Waals surface area contributed by atoms with E-state index in [0.717, 1.165) is 18.6 Å². The van der Waals surface area contributed by atoms with E-state index in [4.69, 9.17) is 9.47 Å². The van der Waals surface area contributed by atoms with Crippen molar-refractivity contribution in [2.24, 2.45) is 0 Å². The Bertz CT molecular complexity index is 663. The summed E-state index contributed by atoms with van der Waals surface area (Å²) in [5.41, 5.74) is 0. The van der Waals surface area contributed by atoms with Crippen molar-refractivity contribution in [3.05, 3.63) is 35.9 Å². The Labute approximate surface area is 140 Å². The van der Waals surface area contributed by atoms with Crippen LogP contribution in [0.5, 0.6) is 11.5 Å². The van der Waals surface area contributed by atoms with Crippen LogP contribution in [0.15, 0.2) is 24.3 Å². The van der Waals surface area contributed by atoms with E-state index in [1.807, 2.05) is 24.3 Å². The molecule has 0 spiro atoms. The number of carbonyl (C=O) groups is 1. The van der Waals surface area contributed by atoms with Crippen LogP contribution in [0, 0.1) is 0 Å². The van der Waals surface area contributed by atoms with Gasteiger partial charge in [0, 0.05) is 6.04 Å². The van der Waals surface area contributed by atoms with Crippen molar-refractivity contribution >= 4 is 5.91 Å². The maximum atomic E-state index is 12.0. The number of methoxy groups -OCH3 is 1. The van der Waals surface area contributed by atoms with E-state index in [2.05, 4.69) is 20.5 Å². The third-order valence-electron chi connectivity index (χ3n) is 4.05. The molecule has 1 heterocycles. The van der Waals surface area contributed by atoms with Crippen molar-refractivity contribution in [3.63, 3.8) is 0 Å². The monoisotopic (exact) mass is 330 g/mol. The average Bonchev–Trinajstić information content (AvgIpc) is 3.25. The number of hydrogen-bond acceptors (Lipinski definition) is 5. The summed E-state index contributed by atoms with van der Waals surface area (Å²) in [6.45, 7) is 0.267. The highest BCUT2D eigenvalue weighted by molar-refractivity contribution is 5.78. The number of benzene rings is 1. The molecule has 3 rings (SSSR count). The Morgan fingerprint density at radius 3 is 2.67 bits per heavy atom. The minimum absolute atomic E-state index is 0.0245. The summed E-state index contributed by atoms with van der Waals surface area (Å²) in [5.74, 6) is 2.54. The molecule has 0 bridgehead atoms. The molecular weight excluding hydrogens is 308 g/mol. The third kappa shape index (κ3) is 4.47. The fourth-order valence-electron chi connectivity index (χ4n) is 2.79. The molecule has 1 aliphatic rings. The van der Waals surface area contributed by atoms with Gasteiger partial charge in [-0.3, -0.25) is 9.89 Å². The van der Waals surface area contributed by atoms with E-state index in [-0.39, 0.29) is 18.9 Å². The lowest BCUT2D eigenvalue weighted by atomic mass is 10.2. The van der Waals surface area contributed by atoms with Crippen LogP contribution in [0.3, 0.4) is 0 Å². The predicted octanol–water partition coefficient (Wildman–Crippen LogP) is 1.99. The Kier molecular flexibility index (Phi) is 5.30. The zero-order valence-corrected chi connectivity index (χ0v) is 13.7. The van der Waals surface area contributed by atoms with Crippen LogP contribution < -0.4 is 14.8 Å². The first-order valence-electron chi connectivity index (χ1n) is 8.19. The van der Waals surface area contributed by atoms with Crippen molar-refractivity contribution in [2.45, 2.75) is 44.8 Å². The normalized spacial score (nSPS) is 14.5. The second-order valence-corrected chi connectivity index (χ2v) is 5.89. The molecule has 0 radical (unpaired) electrons. The Morgan fingerprint density at radius 2 is 1.96 bits per heavy atom. The highest BCUT2D eigenvalue weighted by Gasteiger charge is 2.18. The van der Waals surface area contributed by atoms with Crippen LogP contribution >= 0.6 is 0 Å². The fraction of sp³-hybridized carbons (Fsp3) is 0.471. The van der Waals surface area contributed by atoms with Gasteiger partial charge < -0.3 is 14.8 Å². The van der Waals surface area contributed by atoms with Crippen LogP contribution in [0.4, 0.5) is 0 Å². The molecule has 0 unspecified atom stereocenters. The van der Waals surface area contributed by atoms with Crippen molar-refractivity contribution in [1.29, 1.82) is 0 Å². The van der Waals surface area contributed by atoms with Gasteiger partial charge in [0.1, 0.15) is 18.1 Å². The first kappa shape index (κ1) is 16.3. The lowest BCUT2D eigenvalue weighted by molar-refractivity contribution is -0.121. The summed E-state index contributed by atoms with van der Waals surface area (Å²) in [7, 11) is 1.62. The topological polar surface area (TPSA) is 89.1 Å². The smallest absolute Gasteiger partial charge is 0.227 e. The maximum absolute atomic E-state index is 12.0. The summed E-state index contributed by atoms with van der Waals surface area (Å²) >= 11 is 0. The van der Waals surface area contributed by atoms with E-state index in [0.29, 0.717) is 23.4 Å². The summed E-state index contributed by atoms with van der Waals surface area (Å²) in [5, 5.41) is 9.91. The highest BCUT2D eigenvalue weighted by Crippen LogP contribution is 2.18. The molecule has 2 aromatic rings. The Morgan fingerprint density at radius 1 is 1.25 bits per heavy atom. The molecule has 0 aliphatic heterocycles. The van der Waals surface area contributed by atoms with E-state index in [1.54, 1.807) is 7.11 Å². The van der Waals surface area contributed by atoms with E-state index in [9.17, 15) is 4.79 Å². The second kappa shape index (κ2) is 7.81. The molecule has 7 nitrogen and oxygen atoms in total. The number of carbonyl (C=O) groups excluding carboxylic acids is 1. The van der Waals surface area contributed by atoms with Gasteiger partial charge in [-0.25, -0.2) is 4.98 Å². The first-order chi connectivity index (χ1) is 11.7. The van der Waals surface area contributed by atoms with Gasteiger partial charge in [0.15, 0.2) is 11.6 Å². The zero-order chi connectivity index (χ0) is 16.8. The molecule has 7 heteroatoms. The molecule has 2 N–H and O–H groups in total. The average molecular weight is 330 g/mol. The number of nitrogens with one attached hydrogen (secondary N) is 2. The SMILES string of the molecule is COc1ccc(OCc2nc(CC(=O)NC3CCCC3)n[nH]2)cc1. The van der Waals surface area contributed by atoms with Gasteiger partial charge in [0.2, 0.25) is 5.91 Å². The molecule has 1 aromatic carbocycles. The largest absolute Gasteiger partial charge is 0.497 e. The molecule has 24 heavy (non-hydrogen) atoms. The molecule has 1 amide bonds. The van der Waals surface area contributed by atoms with Crippen LogP contribution in [0.2, 0.25) is 0 Å². The molecule has 1 aliphatic carbocycles. The number of aromatic nitrogens is 3. The van der Waals surface area contributed by atoms with Gasteiger partial charge in [0.25, 0.3) is 0 Å². The summed E-state index contributed by atoms with van der Waals surface area (Å²) in [4.78, 5) is 16.3. The number of hydrogen-bond donors (Lipinski definition) is 2. The van der Waals surface area contributed by atoms with Gasteiger partial charge in [-0.15, -0.1) is 0 Å². The van der Waals surface area contributed by atoms with Crippen molar-refractivity contribution in [3.8, 4) is 11.5 Å². The number of rotatable bonds is 7. The van der Waals surface area contributed by atoms with Crippen molar-refractivity contribution < 1.29 is 14.3 Å². The standard InChI is InChI=1S/C17H22N4O3/c1-23-13-6-8-14(9-7-13)24-11-16-19-15(20-21-16)10-17(22)18-12-4-2-3-5-12/h6-9,12H,2-5,10-11H2,1H3,(H,18,22)(H,19,20,21). The number of ether oxygens (including phenoxy) is 2. The number of aromatic amines is 1. The highest BCUT2D eigenvalue weighted by atomic mass is 16.5. The van der Waals surface area contributed by atoms with Gasteiger partial charge in [-0.1, -0.05) is 12.8 Å². The minimum Gasteiger partial charge on any atom is -0.497 e. The van der Waals surface area contributed by atoms with Gasteiger partial charge >= 0.3 is 0 Å². The zero-order valence-electron chi connectivity index (χ0n) is 13.7. The van der Waals surface area contributed by atoms with Crippen LogP contribution in [0.1, 0.15) is 37.3 Å². The number of amides is 1. The van der Waals surface area contributed by atoms with Gasteiger partial charge in [-0.05, 0) is 37.1 Å². The van der Waals surface area contributed by atoms with Crippen LogP contribution in [-0.4, -0.2) is 34.2 Å². The third-order valence-corrected chi connectivity index (χ3v) is 4.05. The first-order valence-corrected chi connectivity index (χ1v) is 8.19. The van der Waals surface area contributed by atoms with E-state index in [1.165, 1.54) is 12.8 Å². The molecule has 1 saturated carbocycles. The van der Waals surface area contributed by atoms with Crippen LogP contribution in [0.25, 0.3) is 0 Å². The number of H-pyrrole nitrogens is 1. The number of nitrogens with zero attached hydrogens (tertiary/aromatic N) is 2. The summed E-state index contributed by atoms with van der Waals surface area (Å²) < 4.78 is 10.7. The maximum Gasteiger partial charge on any atom is 0.227 e. The van der Waals surface area contributed by atoms with E-state index < -0.39 is 0 Å². The Hall–Kier alpha value is -2.57. The van der Waals surface area contributed by atoms with Gasteiger partial charge in [-0.2, -0.15) is 5.10 Å². The van der Waals surface area contributed by atoms with E-state index >= 15 is 0 Å². The molecule has 0 saturated heterocycles. The molecular formula is C17H22N4O3. The fourth-order valence-corrected chi connectivity index (χ4v) is 2.79. The lowest BCUT2D eigenvalue weighted by Crippen LogP contribution is -2.33. The Balaban J connectivity index is 1.46. The molecule has 1 aromatic heterocycles. The summed E-state index contributed by atoms with van der Waals surface area (Å²) in [6.07, 6.45) is 4.72. The molecule has 128 valence electrons. The quantitative estimate of drug-likeness (QED) is 0.810. The second-order valence-electron chi connectivity index (χ2n) is 5.89. The summed E-state index contributed by atoms with van der Waals surface area (Å²) in [6, 6.07) is 7.62. The van der Waals surface area contributed by atoms with Gasteiger partial charge in [0.05, 0.1) is 13.5 Å². The van der Waals surface area contributed by atoms with Crippen molar-refractivity contribution in [1.82, 2.24) is 20.5 Å². The minimum atomic E-state index is -0.0245. The molecule has 1 fully saturated rings. The molecule has 0 atom stereocenters. The predicted molar refractivity (Wildman–Crippen MR) is 87.8 cm³/mol. The van der Waals surface area contributed by atoms with Crippen molar-refractivity contribution in [2.75, 3.05) is 7.11 Å². The lowest BCUT2D eigenvalue weighted by Gasteiger charge is -2.10.